The highest BCUT2D eigenvalue weighted by Crippen LogP contribution is 2.48. The Balaban J connectivity index is 1.69. The first kappa shape index (κ1) is 30.5. The lowest BCUT2D eigenvalue weighted by Gasteiger charge is -2.49. The van der Waals surface area contributed by atoms with Gasteiger partial charge in [-0.25, -0.2) is 13.1 Å². The molecule has 4 atom stereocenters. The number of amides is 2. The van der Waals surface area contributed by atoms with Crippen molar-refractivity contribution in [2.75, 3.05) is 6.26 Å². The van der Waals surface area contributed by atoms with Crippen LogP contribution in [0, 0.1) is 0 Å². The van der Waals surface area contributed by atoms with Gasteiger partial charge in [0.1, 0.15) is 0 Å². The molecule has 1 heterocycles. The molecule has 1 unspecified atom stereocenters. The van der Waals surface area contributed by atoms with Crippen molar-refractivity contribution in [3.63, 3.8) is 0 Å². The Morgan fingerprint density at radius 3 is 2.29 bits per heavy atom. The van der Waals surface area contributed by atoms with Gasteiger partial charge in [-0.2, -0.15) is 0 Å². The number of hydrogen-bond donors (Lipinski definition) is 2. The predicted octanol–water partition coefficient (Wildman–Crippen LogP) is 6.19. The van der Waals surface area contributed by atoms with Crippen LogP contribution in [-0.4, -0.2) is 43.5 Å². The molecule has 2 amide bonds. The van der Waals surface area contributed by atoms with Gasteiger partial charge < -0.3 is 10.2 Å². The highest BCUT2D eigenvalue weighted by Gasteiger charge is 2.50. The minimum absolute atomic E-state index is 0.264. The van der Waals surface area contributed by atoms with Gasteiger partial charge in [0.15, 0.2) is 0 Å². The smallest absolute Gasteiger partial charge is 0.255 e. The molecular formula is C32H35Cl2N3O4S. The number of carbonyl (C=O) groups is 2. The van der Waals surface area contributed by atoms with Crippen LogP contribution in [0.2, 0.25) is 10.0 Å². The fourth-order valence-corrected chi connectivity index (χ4v) is 7.79. The van der Waals surface area contributed by atoms with Crippen LogP contribution in [0.4, 0.5) is 0 Å². The standard InChI is InChI=1S/C32H35Cl2N3O4S/c1-32(2,20-11-5-4-6-12-20)35-30(38)28-22-13-7-8-14-23(22)31(39)37(29(28)24-18-17-21(33)19-25(24)34)27-16-10-9-15-26(27)36-42(3,40)41/h4-8,11-14,17-19,26-29,36H,9-10,15-16H2,1-3H3,(H,35,38)/t26-,27?,28+,29-/m0/s1. The normalized spacial score (nSPS) is 22.9. The maximum atomic E-state index is 14.5. The number of nitrogens with zero attached hydrogens (tertiary/aromatic N) is 1. The zero-order valence-electron chi connectivity index (χ0n) is 23.8. The topological polar surface area (TPSA) is 95.6 Å². The summed E-state index contributed by atoms with van der Waals surface area (Å²) in [7, 11) is -3.56. The summed E-state index contributed by atoms with van der Waals surface area (Å²) in [6, 6.07) is 20.1. The molecule has 222 valence electrons. The summed E-state index contributed by atoms with van der Waals surface area (Å²) in [5.74, 6) is -1.37. The van der Waals surface area contributed by atoms with Crippen LogP contribution in [0.1, 0.15) is 78.5 Å². The fourth-order valence-electron chi connectivity index (χ4n) is 6.44. The SMILES string of the molecule is CC(C)(NC(=O)[C@@H]1c2ccccc2C(=O)N(C2CCCC[C@@H]2NS(C)(=O)=O)[C@H]1c1ccc(Cl)cc1Cl)c1ccccc1. The molecule has 0 bridgehead atoms. The number of rotatable bonds is 7. The number of hydrogen-bond acceptors (Lipinski definition) is 4. The third-order valence-electron chi connectivity index (χ3n) is 8.32. The predicted molar refractivity (Wildman–Crippen MR) is 166 cm³/mol. The molecule has 1 aliphatic carbocycles. The summed E-state index contributed by atoms with van der Waals surface area (Å²) in [5.41, 5.74) is 1.80. The van der Waals surface area contributed by atoms with E-state index in [4.69, 9.17) is 23.2 Å². The van der Waals surface area contributed by atoms with Crippen LogP contribution in [0.3, 0.4) is 0 Å². The Bertz CT molecular complexity index is 1600. The van der Waals surface area contributed by atoms with E-state index in [1.165, 1.54) is 0 Å². The maximum absolute atomic E-state index is 14.5. The first-order chi connectivity index (χ1) is 19.9. The number of benzene rings is 3. The molecule has 2 aliphatic rings. The van der Waals surface area contributed by atoms with E-state index in [1.54, 1.807) is 35.2 Å². The zero-order chi connectivity index (χ0) is 30.2. The van der Waals surface area contributed by atoms with Crippen molar-refractivity contribution in [2.45, 2.75) is 69.1 Å². The van der Waals surface area contributed by atoms with Crippen LogP contribution in [0.25, 0.3) is 0 Å². The van der Waals surface area contributed by atoms with Crippen molar-refractivity contribution in [1.82, 2.24) is 14.9 Å². The molecule has 3 aromatic rings. The van der Waals surface area contributed by atoms with E-state index in [1.807, 2.05) is 56.3 Å². The average Bonchev–Trinajstić information content (AvgIpc) is 2.93. The number of fused-ring (bicyclic) bond motifs is 1. The molecule has 1 aliphatic heterocycles. The summed E-state index contributed by atoms with van der Waals surface area (Å²) < 4.78 is 27.6. The molecule has 0 radical (unpaired) electrons. The number of carbonyl (C=O) groups excluding carboxylic acids is 2. The molecule has 7 nitrogen and oxygen atoms in total. The molecule has 3 aromatic carbocycles. The van der Waals surface area contributed by atoms with Crippen molar-refractivity contribution in [3.8, 4) is 0 Å². The Morgan fingerprint density at radius 2 is 1.60 bits per heavy atom. The molecule has 0 spiro atoms. The summed E-state index contributed by atoms with van der Waals surface area (Å²) in [4.78, 5) is 30.6. The van der Waals surface area contributed by atoms with Gasteiger partial charge in [-0.15, -0.1) is 0 Å². The Kier molecular flexibility index (Phi) is 8.72. The lowest BCUT2D eigenvalue weighted by molar-refractivity contribution is -0.126. The van der Waals surface area contributed by atoms with Gasteiger partial charge in [-0.05, 0) is 61.6 Å². The van der Waals surface area contributed by atoms with Crippen molar-refractivity contribution in [1.29, 1.82) is 0 Å². The van der Waals surface area contributed by atoms with E-state index in [0.717, 1.165) is 24.7 Å². The minimum atomic E-state index is -3.56. The second-order valence-corrected chi connectivity index (χ2v) is 14.3. The van der Waals surface area contributed by atoms with Crippen molar-refractivity contribution < 1.29 is 18.0 Å². The molecule has 2 N–H and O–H groups in total. The van der Waals surface area contributed by atoms with Gasteiger partial charge in [0.05, 0.1) is 23.8 Å². The van der Waals surface area contributed by atoms with Crippen LogP contribution >= 0.6 is 23.2 Å². The van der Waals surface area contributed by atoms with E-state index in [9.17, 15) is 18.0 Å². The average molecular weight is 629 g/mol. The second kappa shape index (κ2) is 12.0. The first-order valence-electron chi connectivity index (χ1n) is 14.1. The molecular weight excluding hydrogens is 593 g/mol. The van der Waals surface area contributed by atoms with Crippen LogP contribution in [0.15, 0.2) is 72.8 Å². The molecule has 42 heavy (non-hydrogen) atoms. The van der Waals surface area contributed by atoms with Crippen molar-refractivity contribution in [3.05, 3.63) is 105 Å². The van der Waals surface area contributed by atoms with Gasteiger partial charge in [-0.3, -0.25) is 9.59 Å². The Labute approximate surface area is 257 Å². The molecule has 1 saturated carbocycles. The Morgan fingerprint density at radius 1 is 0.929 bits per heavy atom. The van der Waals surface area contributed by atoms with E-state index in [2.05, 4.69) is 10.0 Å². The van der Waals surface area contributed by atoms with Gasteiger partial charge in [-0.1, -0.05) is 90.6 Å². The number of nitrogens with one attached hydrogen (secondary N) is 2. The van der Waals surface area contributed by atoms with Crippen molar-refractivity contribution >= 4 is 45.0 Å². The fraction of sp³-hybridized carbons (Fsp3) is 0.375. The number of halogens is 2. The highest BCUT2D eigenvalue weighted by atomic mass is 35.5. The monoisotopic (exact) mass is 627 g/mol. The lowest BCUT2D eigenvalue weighted by Crippen LogP contribution is -2.59. The molecule has 5 rings (SSSR count). The second-order valence-electron chi connectivity index (χ2n) is 11.7. The van der Waals surface area contributed by atoms with Gasteiger partial charge >= 0.3 is 0 Å². The van der Waals surface area contributed by atoms with Crippen LogP contribution < -0.4 is 10.0 Å². The molecule has 1 fully saturated rings. The summed E-state index contributed by atoms with van der Waals surface area (Å²) in [5, 5.41) is 4.00. The van der Waals surface area contributed by atoms with Crippen molar-refractivity contribution in [2.24, 2.45) is 0 Å². The molecule has 0 saturated heterocycles. The minimum Gasteiger partial charge on any atom is -0.347 e. The van der Waals surface area contributed by atoms with E-state index in [0.29, 0.717) is 39.6 Å². The van der Waals surface area contributed by atoms with E-state index < -0.39 is 39.6 Å². The largest absolute Gasteiger partial charge is 0.347 e. The quantitative estimate of drug-likeness (QED) is 0.327. The van der Waals surface area contributed by atoms with Gasteiger partial charge in [0.2, 0.25) is 15.9 Å². The van der Waals surface area contributed by atoms with Crippen LogP contribution in [0.5, 0.6) is 0 Å². The summed E-state index contributed by atoms with van der Waals surface area (Å²) in [6.07, 6.45) is 3.91. The first-order valence-corrected chi connectivity index (χ1v) is 16.7. The number of sulfonamides is 1. The third kappa shape index (κ3) is 6.23. The van der Waals surface area contributed by atoms with Gasteiger partial charge in [0, 0.05) is 27.7 Å². The van der Waals surface area contributed by atoms with E-state index >= 15 is 0 Å². The molecule has 10 heteroatoms. The maximum Gasteiger partial charge on any atom is 0.255 e. The Hall–Kier alpha value is -2.91. The summed E-state index contributed by atoms with van der Waals surface area (Å²) in [6.45, 7) is 3.88. The van der Waals surface area contributed by atoms with Gasteiger partial charge in [0.25, 0.3) is 5.91 Å². The van der Waals surface area contributed by atoms with Crippen LogP contribution in [-0.2, 0) is 20.4 Å². The third-order valence-corrected chi connectivity index (χ3v) is 9.62. The molecule has 0 aromatic heterocycles. The zero-order valence-corrected chi connectivity index (χ0v) is 26.1. The highest BCUT2D eigenvalue weighted by molar-refractivity contribution is 7.88. The summed E-state index contributed by atoms with van der Waals surface area (Å²) >= 11 is 13.1. The van der Waals surface area contributed by atoms with E-state index in [-0.39, 0.29) is 11.8 Å². The lowest BCUT2D eigenvalue weighted by atomic mass is 9.76.